The van der Waals surface area contributed by atoms with Crippen molar-refractivity contribution in [2.75, 3.05) is 7.11 Å². The van der Waals surface area contributed by atoms with Crippen molar-refractivity contribution in [3.63, 3.8) is 0 Å². The molecule has 0 amide bonds. The van der Waals surface area contributed by atoms with Crippen molar-refractivity contribution in [2.45, 2.75) is 6.18 Å². The van der Waals surface area contributed by atoms with Crippen LogP contribution in [0.2, 0.25) is 5.02 Å². The minimum absolute atomic E-state index is 0.144. The van der Waals surface area contributed by atoms with Gasteiger partial charge in [0.05, 0.1) is 22.6 Å². The van der Waals surface area contributed by atoms with Crippen molar-refractivity contribution in [1.29, 1.82) is 0 Å². The van der Waals surface area contributed by atoms with Gasteiger partial charge in [0.15, 0.2) is 11.6 Å². The van der Waals surface area contributed by atoms with E-state index in [2.05, 4.69) is 0 Å². The van der Waals surface area contributed by atoms with Crippen molar-refractivity contribution in [3.8, 4) is 28.7 Å². The summed E-state index contributed by atoms with van der Waals surface area (Å²) < 4.78 is 68.3. The van der Waals surface area contributed by atoms with Crippen LogP contribution in [0.25, 0.3) is 0 Å². The first-order chi connectivity index (χ1) is 14.6. The van der Waals surface area contributed by atoms with Crippen LogP contribution in [-0.4, -0.2) is 12.0 Å². The molecule has 0 saturated carbocycles. The van der Waals surface area contributed by atoms with Gasteiger partial charge in [-0.1, -0.05) is 11.6 Å². The molecule has 0 spiro atoms. The van der Waals surface area contributed by atoms with Gasteiger partial charge in [-0.3, -0.25) is 10.1 Å². The van der Waals surface area contributed by atoms with Crippen LogP contribution in [0, 0.1) is 15.9 Å². The van der Waals surface area contributed by atoms with Crippen LogP contribution in [0.4, 0.5) is 23.2 Å². The van der Waals surface area contributed by atoms with Crippen LogP contribution < -0.4 is 14.2 Å². The second-order valence-corrected chi connectivity index (χ2v) is 6.44. The number of benzene rings is 3. The zero-order valence-corrected chi connectivity index (χ0v) is 16.3. The highest BCUT2D eigenvalue weighted by Gasteiger charge is 2.32. The highest BCUT2D eigenvalue weighted by atomic mass is 35.5. The topological polar surface area (TPSA) is 70.8 Å². The highest BCUT2D eigenvalue weighted by molar-refractivity contribution is 6.32. The average Bonchev–Trinajstić information content (AvgIpc) is 2.70. The van der Waals surface area contributed by atoms with E-state index in [-0.39, 0.29) is 23.3 Å². The summed E-state index contributed by atoms with van der Waals surface area (Å²) in [6, 6.07) is 10.2. The Labute approximate surface area is 177 Å². The first-order valence-electron chi connectivity index (χ1n) is 8.43. The maximum atomic E-state index is 14.2. The number of ether oxygens (including phenoxy) is 3. The lowest BCUT2D eigenvalue weighted by molar-refractivity contribution is -0.385. The van der Waals surface area contributed by atoms with E-state index in [1.165, 1.54) is 19.2 Å². The van der Waals surface area contributed by atoms with Crippen LogP contribution in [0.3, 0.4) is 0 Å². The summed E-state index contributed by atoms with van der Waals surface area (Å²) in [5.41, 5.74) is -1.70. The molecule has 0 heterocycles. The Morgan fingerprint density at radius 1 is 0.935 bits per heavy atom. The van der Waals surface area contributed by atoms with Gasteiger partial charge in [0, 0.05) is 12.1 Å². The molecule has 3 aromatic carbocycles. The average molecular weight is 458 g/mol. The highest BCUT2D eigenvalue weighted by Crippen LogP contribution is 2.41. The molecule has 31 heavy (non-hydrogen) atoms. The third kappa shape index (κ3) is 5.15. The monoisotopic (exact) mass is 457 g/mol. The van der Waals surface area contributed by atoms with E-state index >= 15 is 0 Å². The molecule has 0 radical (unpaired) electrons. The number of nitrogens with zero attached hydrogens (tertiary/aromatic N) is 1. The standard InChI is InChI=1S/C20H12ClF4NO5/c1-29-12-2-4-13(5-3-12)30-18-10-14(6-7-17(18)26(27)28)31-19-15(21)8-11(9-16(19)22)20(23,24)25/h2-10H,1H3. The molecule has 3 rings (SSSR count). The molecule has 0 aromatic heterocycles. The predicted octanol–water partition coefficient (Wildman–Crippen LogP) is 7.00. The normalized spacial score (nSPS) is 11.2. The Hall–Kier alpha value is -3.53. The molecule has 3 aromatic rings. The number of nitro benzene ring substituents is 1. The van der Waals surface area contributed by atoms with Gasteiger partial charge in [0.2, 0.25) is 5.75 Å². The molecule has 0 aliphatic heterocycles. The molecule has 0 atom stereocenters. The maximum Gasteiger partial charge on any atom is 0.416 e. The molecule has 11 heteroatoms. The van der Waals surface area contributed by atoms with Crippen molar-refractivity contribution in [1.82, 2.24) is 0 Å². The summed E-state index contributed by atoms with van der Waals surface area (Å²) in [7, 11) is 1.47. The Morgan fingerprint density at radius 2 is 1.55 bits per heavy atom. The van der Waals surface area contributed by atoms with Crippen molar-refractivity contribution >= 4 is 17.3 Å². The summed E-state index contributed by atoms with van der Waals surface area (Å²) in [6.07, 6.45) is -4.80. The van der Waals surface area contributed by atoms with E-state index in [1.54, 1.807) is 12.1 Å². The summed E-state index contributed by atoms with van der Waals surface area (Å²) in [6.45, 7) is 0. The Kier molecular flexibility index (Phi) is 6.21. The summed E-state index contributed by atoms with van der Waals surface area (Å²) >= 11 is 5.75. The molecule has 6 nitrogen and oxygen atoms in total. The summed E-state index contributed by atoms with van der Waals surface area (Å²) in [5, 5.41) is 10.7. The van der Waals surface area contributed by atoms with Crippen LogP contribution >= 0.6 is 11.6 Å². The van der Waals surface area contributed by atoms with Gasteiger partial charge in [-0.25, -0.2) is 4.39 Å². The molecule has 0 saturated heterocycles. The van der Waals surface area contributed by atoms with Gasteiger partial charge in [-0.2, -0.15) is 13.2 Å². The lowest BCUT2D eigenvalue weighted by Gasteiger charge is -2.13. The molecule has 0 unspecified atom stereocenters. The van der Waals surface area contributed by atoms with Crippen LogP contribution in [0.15, 0.2) is 54.6 Å². The number of hydrogen-bond acceptors (Lipinski definition) is 5. The fourth-order valence-corrected chi connectivity index (χ4v) is 2.75. The second-order valence-electron chi connectivity index (χ2n) is 6.03. The minimum Gasteiger partial charge on any atom is -0.497 e. The maximum absolute atomic E-state index is 14.2. The van der Waals surface area contributed by atoms with Crippen LogP contribution in [0.1, 0.15) is 5.56 Å². The summed E-state index contributed by atoms with van der Waals surface area (Å²) in [5.74, 6) is -1.63. The first-order valence-corrected chi connectivity index (χ1v) is 8.80. The minimum atomic E-state index is -4.80. The molecule has 0 bridgehead atoms. The van der Waals surface area contributed by atoms with E-state index < -0.39 is 38.9 Å². The third-order valence-electron chi connectivity index (χ3n) is 3.96. The second kappa shape index (κ2) is 8.68. The van der Waals surface area contributed by atoms with Crippen molar-refractivity contribution in [2.24, 2.45) is 0 Å². The lowest BCUT2D eigenvalue weighted by Crippen LogP contribution is -2.06. The number of nitro groups is 1. The van der Waals surface area contributed by atoms with E-state index in [1.807, 2.05) is 0 Å². The quantitative estimate of drug-likeness (QED) is 0.226. The van der Waals surface area contributed by atoms with Gasteiger partial charge >= 0.3 is 11.9 Å². The Bertz CT molecular complexity index is 1100. The third-order valence-corrected chi connectivity index (χ3v) is 4.24. The van der Waals surface area contributed by atoms with E-state index in [0.29, 0.717) is 11.8 Å². The van der Waals surface area contributed by atoms with Crippen LogP contribution in [0.5, 0.6) is 28.7 Å². The van der Waals surface area contributed by atoms with Gasteiger partial charge in [-0.15, -0.1) is 0 Å². The van der Waals surface area contributed by atoms with Gasteiger partial charge < -0.3 is 14.2 Å². The molecular formula is C20H12ClF4NO5. The van der Waals surface area contributed by atoms with E-state index in [0.717, 1.165) is 18.2 Å². The zero-order valence-electron chi connectivity index (χ0n) is 15.6. The zero-order chi connectivity index (χ0) is 22.8. The number of hydrogen-bond donors (Lipinski definition) is 0. The van der Waals surface area contributed by atoms with Crippen molar-refractivity contribution in [3.05, 3.63) is 81.1 Å². The fraction of sp³-hybridized carbons (Fsp3) is 0.100. The van der Waals surface area contributed by atoms with Gasteiger partial charge in [-0.05, 0) is 42.5 Å². The molecule has 0 fully saturated rings. The molecule has 162 valence electrons. The van der Waals surface area contributed by atoms with Crippen molar-refractivity contribution < 1.29 is 36.7 Å². The summed E-state index contributed by atoms with van der Waals surface area (Å²) in [4.78, 5) is 10.6. The smallest absolute Gasteiger partial charge is 0.416 e. The van der Waals surface area contributed by atoms with E-state index in [4.69, 9.17) is 25.8 Å². The lowest BCUT2D eigenvalue weighted by atomic mass is 10.2. The predicted molar refractivity (Wildman–Crippen MR) is 103 cm³/mol. The number of alkyl halides is 3. The molecule has 0 N–H and O–H groups in total. The Balaban J connectivity index is 1.94. The largest absolute Gasteiger partial charge is 0.497 e. The molecule has 0 aliphatic rings. The van der Waals surface area contributed by atoms with Gasteiger partial charge in [0.1, 0.15) is 17.2 Å². The number of halogens is 5. The van der Waals surface area contributed by atoms with Gasteiger partial charge in [0.25, 0.3) is 0 Å². The SMILES string of the molecule is COc1ccc(Oc2cc(Oc3c(F)cc(C(F)(F)F)cc3Cl)ccc2[N+](=O)[O-])cc1. The van der Waals surface area contributed by atoms with E-state index in [9.17, 15) is 27.7 Å². The number of rotatable bonds is 6. The molecule has 0 aliphatic carbocycles. The van der Waals surface area contributed by atoms with Crippen LogP contribution in [-0.2, 0) is 6.18 Å². The first kappa shape index (κ1) is 22.2. The number of methoxy groups -OCH3 is 1. The fourth-order valence-electron chi connectivity index (χ4n) is 2.50. The Morgan fingerprint density at radius 3 is 2.10 bits per heavy atom. The molecular weight excluding hydrogens is 446 g/mol.